The van der Waals surface area contributed by atoms with E-state index in [1.54, 1.807) is 43.3 Å². The maximum Gasteiger partial charge on any atom is 0.243 e. The lowest BCUT2D eigenvalue weighted by Gasteiger charge is -2.15. The molecule has 10 heteroatoms. The number of sulfonamides is 1. The van der Waals surface area contributed by atoms with Gasteiger partial charge in [0.05, 0.1) is 0 Å². The van der Waals surface area contributed by atoms with Gasteiger partial charge in [-0.3, -0.25) is 5.84 Å². The Labute approximate surface area is 145 Å². The normalized spacial score (nSPS) is 12.6. The summed E-state index contributed by atoms with van der Waals surface area (Å²) in [7, 11) is -3.73. The zero-order valence-corrected chi connectivity index (χ0v) is 14.4. The van der Waals surface area contributed by atoms with Crippen LogP contribution in [0.1, 0.15) is 18.5 Å². The van der Waals surface area contributed by atoms with Crippen molar-refractivity contribution in [3.63, 3.8) is 0 Å². The molecule has 8 nitrogen and oxygen atoms in total. The summed E-state index contributed by atoms with van der Waals surface area (Å²) in [4.78, 5) is 0.0934. The van der Waals surface area contributed by atoms with Crippen LogP contribution in [-0.2, 0) is 10.0 Å². The fraction of sp³-hybridized carbons (Fsp3) is 0.143. The first kappa shape index (κ1) is 18.1. The van der Waals surface area contributed by atoms with Gasteiger partial charge in [-0.05, 0) is 36.8 Å². The predicted molar refractivity (Wildman–Crippen MR) is 94.1 cm³/mol. The van der Waals surface area contributed by atoms with Crippen LogP contribution < -0.4 is 16.0 Å². The molecule has 0 aliphatic heterocycles. The number of benzene rings is 2. The Bertz CT molecular complexity index is 926. The number of anilines is 1. The number of fused-ring (bicyclic) bond motifs is 1. The van der Waals surface area contributed by atoms with Crippen molar-refractivity contribution < 1.29 is 8.42 Å². The highest BCUT2D eigenvalue weighted by molar-refractivity contribution is 7.89. The van der Waals surface area contributed by atoms with Gasteiger partial charge in [0.2, 0.25) is 10.0 Å². The highest BCUT2D eigenvalue weighted by Crippen LogP contribution is 2.22. The van der Waals surface area contributed by atoms with E-state index in [9.17, 15) is 8.42 Å². The molecular formula is C14H17ClN6O2S. The highest BCUT2D eigenvalue weighted by atomic mass is 35.5. The van der Waals surface area contributed by atoms with Crippen LogP contribution in [0.3, 0.4) is 0 Å². The number of nitrogens with zero attached hydrogens (tertiary/aromatic N) is 2. The van der Waals surface area contributed by atoms with Crippen LogP contribution in [0.4, 0.5) is 5.69 Å². The van der Waals surface area contributed by atoms with Gasteiger partial charge < -0.3 is 5.43 Å². The summed E-state index contributed by atoms with van der Waals surface area (Å²) < 4.78 is 27.9. The molecule has 0 spiro atoms. The molecule has 0 radical (unpaired) electrons. The van der Waals surface area contributed by atoms with Crippen molar-refractivity contribution in [2.45, 2.75) is 17.9 Å². The van der Waals surface area contributed by atoms with Crippen molar-refractivity contribution in [1.82, 2.24) is 20.1 Å². The van der Waals surface area contributed by atoms with Crippen molar-refractivity contribution in [2.75, 3.05) is 5.43 Å². The van der Waals surface area contributed by atoms with Crippen molar-refractivity contribution >= 4 is 39.2 Å². The van der Waals surface area contributed by atoms with E-state index < -0.39 is 16.1 Å². The number of nitrogen functional groups attached to an aromatic ring is 1. The zero-order valence-electron chi connectivity index (χ0n) is 12.7. The van der Waals surface area contributed by atoms with E-state index >= 15 is 0 Å². The molecule has 3 rings (SSSR count). The monoisotopic (exact) mass is 368 g/mol. The Morgan fingerprint density at radius 2 is 1.83 bits per heavy atom. The van der Waals surface area contributed by atoms with Crippen LogP contribution in [0.2, 0.25) is 0 Å². The lowest BCUT2D eigenvalue weighted by atomic mass is 10.1. The molecule has 0 aliphatic carbocycles. The second kappa shape index (κ2) is 7.14. The first-order valence-electron chi connectivity index (χ1n) is 6.89. The van der Waals surface area contributed by atoms with Crippen LogP contribution in [-0.4, -0.2) is 23.8 Å². The summed E-state index contributed by atoms with van der Waals surface area (Å²) in [5.74, 6) is 5.32. The van der Waals surface area contributed by atoms with Crippen LogP contribution in [0.5, 0.6) is 0 Å². The first-order valence-corrected chi connectivity index (χ1v) is 8.38. The van der Waals surface area contributed by atoms with Gasteiger partial charge in [-0.25, -0.2) is 13.1 Å². The Morgan fingerprint density at radius 1 is 1.12 bits per heavy atom. The van der Waals surface area contributed by atoms with Gasteiger partial charge in [-0.1, -0.05) is 18.2 Å². The number of hydrazine groups is 1. The number of hydrogen-bond donors (Lipinski definition) is 4. The second-order valence-electron chi connectivity index (χ2n) is 5.06. The number of aromatic nitrogens is 3. The SMILES string of the molecule is CC(NS(=O)(=O)c1cccc2n[nH]nc12)c1ccc(NN)cc1.Cl. The Hall–Kier alpha value is -2.20. The third kappa shape index (κ3) is 3.49. The number of H-pyrrole nitrogens is 1. The topological polar surface area (TPSA) is 126 Å². The molecule has 1 unspecified atom stereocenters. The summed E-state index contributed by atoms with van der Waals surface area (Å²) in [6.07, 6.45) is 0. The van der Waals surface area contributed by atoms with Gasteiger partial charge in [-0.2, -0.15) is 15.4 Å². The Kier molecular flexibility index (Phi) is 5.40. The molecule has 1 heterocycles. The number of nitrogens with one attached hydrogen (secondary N) is 3. The van der Waals surface area contributed by atoms with E-state index in [1.807, 2.05) is 0 Å². The van der Waals surface area contributed by atoms with E-state index in [0.29, 0.717) is 11.0 Å². The maximum atomic E-state index is 12.6. The Balaban J connectivity index is 0.00000208. The van der Waals surface area contributed by atoms with Crippen LogP contribution >= 0.6 is 12.4 Å². The van der Waals surface area contributed by atoms with Crippen molar-refractivity contribution in [3.05, 3.63) is 48.0 Å². The van der Waals surface area contributed by atoms with E-state index in [-0.39, 0.29) is 17.3 Å². The molecular weight excluding hydrogens is 352 g/mol. The van der Waals surface area contributed by atoms with Crippen molar-refractivity contribution in [1.29, 1.82) is 0 Å². The second-order valence-corrected chi connectivity index (χ2v) is 6.74. The zero-order chi connectivity index (χ0) is 16.4. The molecule has 0 aliphatic rings. The number of halogens is 1. The average Bonchev–Trinajstić information content (AvgIpc) is 3.02. The summed E-state index contributed by atoms with van der Waals surface area (Å²) in [6.45, 7) is 1.77. The summed E-state index contributed by atoms with van der Waals surface area (Å²) in [5.41, 5.74) is 4.91. The first-order chi connectivity index (χ1) is 11.0. The third-order valence-corrected chi connectivity index (χ3v) is 5.08. The van der Waals surface area contributed by atoms with Gasteiger partial charge in [0.25, 0.3) is 0 Å². The minimum atomic E-state index is -3.73. The van der Waals surface area contributed by atoms with Gasteiger partial charge in [0.15, 0.2) is 0 Å². The van der Waals surface area contributed by atoms with Crippen molar-refractivity contribution in [2.24, 2.45) is 5.84 Å². The highest BCUT2D eigenvalue weighted by Gasteiger charge is 2.22. The fourth-order valence-electron chi connectivity index (χ4n) is 2.29. The molecule has 24 heavy (non-hydrogen) atoms. The lowest BCUT2D eigenvalue weighted by Crippen LogP contribution is -2.27. The molecule has 3 aromatic rings. The molecule has 0 saturated carbocycles. The molecule has 2 aromatic carbocycles. The van der Waals surface area contributed by atoms with Gasteiger partial charge >= 0.3 is 0 Å². The molecule has 0 bridgehead atoms. The molecule has 1 atom stereocenters. The number of hydrogen-bond acceptors (Lipinski definition) is 6. The molecule has 128 valence electrons. The molecule has 1 aromatic heterocycles. The summed E-state index contributed by atoms with van der Waals surface area (Å²) in [5, 5.41) is 10.2. The number of para-hydroxylation sites is 1. The fourth-order valence-corrected chi connectivity index (χ4v) is 3.68. The third-order valence-electron chi connectivity index (χ3n) is 3.51. The molecule has 5 N–H and O–H groups in total. The molecule has 0 fully saturated rings. The molecule has 0 saturated heterocycles. The van der Waals surface area contributed by atoms with Gasteiger partial charge in [0, 0.05) is 11.7 Å². The van der Waals surface area contributed by atoms with E-state index in [4.69, 9.17) is 5.84 Å². The van der Waals surface area contributed by atoms with Crippen LogP contribution in [0.15, 0.2) is 47.4 Å². The number of nitrogens with two attached hydrogens (primary N) is 1. The van der Waals surface area contributed by atoms with E-state index in [1.165, 1.54) is 6.07 Å². The van der Waals surface area contributed by atoms with Gasteiger partial charge in [0.1, 0.15) is 15.9 Å². The summed E-state index contributed by atoms with van der Waals surface area (Å²) in [6, 6.07) is 11.6. The number of aromatic amines is 1. The number of rotatable bonds is 5. The van der Waals surface area contributed by atoms with Crippen molar-refractivity contribution in [3.8, 4) is 0 Å². The average molecular weight is 369 g/mol. The summed E-state index contributed by atoms with van der Waals surface area (Å²) >= 11 is 0. The quantitative estimate of drug-likeness (QED) is 0.401. The minimum absolute atomic E-state index is 0. The van der Waals surface area contributed by atoms with Gasteiger partial charge in [-0.15, -0.1) is 12.4 Å². The van der Waals surface area contributed by atoms with Crippen LogP contribution in [0, 0.1) is 0 Å². The molecule has 0 amide bonds. The largest absolute Gasteiger partial charge is 0.324 e. The van der Waals surface area contributed by atoms with E-state index in [0.717, 1.165) is 11.3 Å². The minimum Gasteiger partial charge on any atom is -0.324 e. The van der Waals surface area contributed by atoms with E-state index in [2.05, 4.69) is 25.6 Å². The Morgan fingerprint density at radius 3 is 2.50 bits per heavy atom. The maximum absolute atomic E-state index is 12.6. The predicted octanol–water partition coefficient (Wildman–Crippen LogP) is 1.70. The van der Waals surface area contributed by atoms with Crippen LogP contribution in [0.25, 0.3) is 11.0 Å². The smallest absolute Gasteiger partial charge is 0.243 e. The standard InChI is InChI=1S/C14H16N6O2S.ClH/c1-9(10-5-7-11(16-15)8-6-10)19-23(21,22)13-4-2-3-12-14(13)18-20-17-12;/h2-9,16,19H,15H2,1H3,(H,17,18,20);1H. The lowest BCUT2D eigenvalue weighted by molar-refractivity contribution is 0.567.